The molecule has 1 aliphatic heterocycles. The summed E-state index contributed by atoms with van der Waals surface area (Å²) < 4.78 is 10.7. The maximum Gasteiger partial charge on any atom is 0.254 e. The summed E-state index contributed by atoms with van der Waals surface area (Å²) in [5.41, 5.74) is 1.31. The van der Waals surface area contributed by atoms with Gasteiger partial charge in [-0.2, -0.15) is 0 Å². The molecule has 164 valence electrons. The molecule has 0 saturated heterocycles. The first-order chi connectivity index (χ1) is 15.0. The van der Waals surface area contributed by atoms with Crippen LogP contribution in [0.2, 0.25) is 5.02 Å². The van der Waals surface area contributed by atoms with Gasteiger partial charge in [0.05, 0.1) is 30.9 Å². The summed E-state index contributed by atoms with van der Waals surface area (Å²) in [6.45, 7) is 0.875. The van der Waals surface area contributed by atoms with Crippen LogP contribution in [-0.2, 0) is 9.53 Å². The van der Waals surface area contributed by atoms with Gasteiger partial charge >= 0.3 is 0 Å². The number of benzene rings is 2. The molecule has 1 saturated carbocycles. The normalized spacial score (nSPS) is 19.4. The Hall–Kier alpha value is -2.57. The van der Waals surface area contributed by atoms with E-state index < -0.39 is 11.5 Å². The van der Waals surface area contributed by atoms with Crippen molar-refractivity contribution in [1.82, 2.24) is 4.90 Å². The number of fused-ring (bicyclic) bond motifs is 1. The molecule has 6 nitrogen and oxygen atoms in total. The van der Waals surface area contributed by atoms with Crippen LogP contribution < -0.4 is 10.1 Å². The molecule has 4 rings (SSSR count). The average Bonchev–Trinajstić information content (AvgIpc) is 3.24. The van der Waals surface area contributed by atoms with E-state index in [9.17, 15) is 9.59 Å². The van der Waals surface area contributed by atoms with Crippen molar-refractivity contribution >= 4 is 29.1 Å². The highest BCUT2D eigenvalue weighted by Gasteiger charge is 2.55. The summed E-state index contributed by atoms with van der Waals surface area (Å²) in [5, 5.41) is 3.55. The molecular weight excluding hydrogens is 416 g/mol. The van der Waals surface area contributed by atoms with Crippen molar-refractivity contribution in [1.29, 1.82) is 0 Å². The number of hydrogen-bond donors (Lipinski definition) is 1. The molecule has 0 radical (unpaired) electrons. The molecule has 1 atom stereocenters. The number of carbonyl (C=O) groups is 2. The third-order valence-electron chi connectivity index (χ3n) is 6.49. The molecule has 1 N–H and O–H groups in total. The van der Waals surface area contributed by atoms with Crippen LogP contribution in [0.1, 0.15) is 47.5 Å². The van der Waals surface area contributed by atoms with Crippen LogP contribution in [0.4, 0.5) is 5.69 Å². The fourth-order valence-electron chi connectivity index (χ4n) is 5.16. The molecule has 0 unspecified atom stereocenters. The monoisotopic (exact) mass is 442 g/mol. The van der Waals surface area contributed by atoms with E-state index in [1.165, 1.54) is 0 Å². The van der Waals surface area contributed by atoms with Crippen LogP contribution in [0.15, 0.2) is 42.5 Å². The number of carbonyl (C=O) groups excluding carboxylic acids is 2. The van der Waals surface area contributed by atoms with Gasteiger partial charge in [-0.3, -0.25) is 9.59 Å². The maximum atomic E-state index is 13.8. The first-order valence-corrected chi connectivity index (χ1v) is 10.9. The number of anilines is 1. The highest BCUT2D eigenvalue weighted by molar-refractivity contribution is 6.31. The van der Waals surface area contributed by atoms with Crippen molar-refractivity contribution in [2.24, 2.45) is 0 Å². The fraction of sp³-hybridized carbons (Fsp3) is 0.417. The molecule has 31 heavy (non-hydrogen) atoms. The zero-order valence-corrected chi connectivity index (χ0v) is 18.6. The number of rotatable bonds is 6. The standard InChI is InChI=1S/C24H27ClN2O4/c1-30-14-13-27-23(29)18-8-4-3-7-17(18)21(24(27)11-5-6-12-24)22(28)26-19-15-16(25)9-10-20(19)31-2/h3-4,7-10,15,21H,5-6,11-14H2,1-2H3,(H,26,28)/t21-/m1/s1. The van der Waals surface area contributed by atoms with Crippen LogP contribution in [0.25, 0.3) is 0 Å². The van der Waals surface area contributed by atoms with E-state index in [1.54, 1.807) is 38.5 Å². The Balaban J connectivity index is 1.80. The molecule has 1 aliphatic carbocycles. The first-order valence-electron chi connectivity index (χ1n) is 10.6. The Kier molecular flexibility index (Phi) is 6.21. The largest absolute Gasteiger partial charge is 0.495 e. The summed E-state index contributed by atoms with van der Waals surface area (Å²) in [7, 11) is 3.18. The van der Waals surface area contributed by atoms with Gasteiger partial charge in [-0.15, -0.1) is 0 Å². The Labute approximate surface area is 187 Å². The van der Waals surface area contributed by atoms with Crippen LogP contribution in [0, 0.1) is 0 Å². The molecule has 2 aromatic rings. The van der Waals surface area contributed by atoms with E-state index in [4.69, 9.17) is 21.1 Å². The van der Waals surface area contributed by atoms with Gasteiger partial charge in [-0.1, -0.05) is 42.6 Å². The maximum absolute atomic E-state index is 13.8. The highest BCUT2D eigenvalue weighted by atomic mass is 35.5. The molecule has 1 heterocycles. The van der Waals surface area contributed by atoms with E-state index in [-0.39, 0.29) is 11.8 Å². The number of hydrogen-bond acceptors (Lipinski definition) is 4. The predicted octanol–water partition coefficient (Wildman–Crippen LogP) is 4.49. The van der Waals surface area contributed by atoms with E-state index >= 15 is 0 Å². The average molecular weight is 443 g/mol. The van der Waals surface area contributed by atoms with Crippen LogP contribution in [-0.4, -0.2) is 49.6 Å². The first kappa shape index (κ1) is 21.7. The van der Waals surface area contributed by atoms with Gasteiger partial charge in [0, 0.05) is 24.2 Å². The van der Waals surface area contributed by atoms with Crippen molar-refractivity contribution in [2.45, 2.75) is 37.1 Å². The van der Waals surface area contributed by atoms with Crippen molar-refractivity contribution in [2.75, 3.05) is 32.7 Å². The Morgan fingerprint density at radius 2 is 1.94 bits per heavy atom. The second kappa shape index (κ2) is 8.89. The predicted molar refractivity (Wildman–Crippen MR) is 120 cm³/mol. The van der Waals surface area contributed by atoms with Crippen LogP contribution >= 0.6 is 11.6 Å². The molecule has 1 spiro atoms. The van der Waals surface area contributed by atoms with Gasteiger partial charge < -0.3 is 19.7 Å². The number of nitrogens with one attached hydrogen (secondary N) is 1. The van der Waals surface area contributed by atoms with Crippen molar-refractivity contribution < 1.29 is 19.1 Å². The summed E-state index contributed by atoms with van der Waals surface area (Å²) in [4.78, 5) is 29.2. The van der Waals surface area contributed by atoms with Crippen molar-refractivity contribution in [3.05, 3.63) is 58.6 Å². The molecule has 1 fully saturated rings. The SMILES string of the molecule is COCCN1C(=O)c2ccccc2[C@H](C(=O)Nc2cc(Cl)ccc2OC)C12CCCC2. The van der Waals surface area contributed by atoms with Crippen molar-refractivity contribution in [3.8, 4) is 5.75 Å². The number of halogens is 1. The summed E-state index contributed by atoms with van der Waals surface area (Å²) >= 11 is 6.17. The van der Waals surface area contributed by atoms with E-state index in [1.807, 2.05) is 23.1 Å². The van der Waals surface area contributed by atoms with Crippen LogP contribution in [0.5, 0.6) is 5.75 Å². The van der Waals surface area contributed by atoms with Gasteiger partial charge in [0.2, 0.25) is 5.91 Å². The zero-order chi connectivity index (χ0) is 22.0. The molecule has 2 amide bonds. The third kappa shape index (κ3) is 3.79. The van der Waals surface area contributed by atoms with Gasteiger partial charge in [0.15, 0.2) is 0 Å². The second-order valence-electron chi connectivity index (χ2n) is 8.11. The number of methoxy groups -OCH3 is 2. The highest BCUT2D eigenvalue weighted by Crippen LogP contribution is 2.50. The number of nitrogens with zero attached hydrogens (tertiary/aromatic N) is 1. The lowest BCUT2D eigenvalue weighted by Gasteiger charge is -2.50. The summed E-state index contributed by atoms with van der Waals surface area (Å²) in [6.07, 6.45) is 3.51. The van der Waals surface area contributed by atoms with Crippen LogP contribution in [0.3, 0.4) is 0 Å². The van der Waals surface area contributed by atoms with Gasteiger partial charge in [-0.05, 0) is 42.7 Å². The Morgan fingerprint density at radius 3 is 2.65 bits per heavy atom. The van der Waals surface area contributed by atoms with Gasteiger partial charge in [0.1, 0.15) is 5.75 Å². The molecule has 7 heteroatoms. The fourth-order valence-corrected chi connectivity index (χ4v) is 5.33. The number of ether oxygens (including phenoxy) is 2. The zero-order valence-electron chi connectivity index (χ0n) is 17.8. The molecule has 0 bridgehead atoms. The Morgan fingerprint density at radius 1 is 1.19 bits per heavy atom. The summed E-state index contributed by atoms with van der Waals surface area (Å²) in [6, 6.07) is 12.6. The minimum Gasteiger partial charge on any atom is -0.495 e. The number of amides is 2. The molecule has 0 aromatic heterocycles. The summed E-state index contributed by atoms with van der Waals surface area (Å²) in [5.74, 6) is -0.150. The molecule has 2 aliphatic rings. The molecule has 2 aromatic carbocycles. The van der Waals surface area contributed by atoms with Gasteiger partial charge in [-0.25, -0.2) is 0 Å². The van der Waals surface area contributed by atoms with E-state index in [0.717, 1.165) is 31.2 Å². The quantitative estimate of drug-likeness (QED) is 0.715. The van der Waals surface area contributed by atoms with E-state index in [0.29, 0.717) is 35.2 Å². The molecular formula is C24H27ClN2O4. The van der Waals surface area contributed by atoms with Crippen molar-refractivity contribution in [3.63, 3.8) is 0 Å². The lowest BCUT2D eigenvalue weighted by molar-refractivity contribution is -0.121. The smallest absolute Gasteiger partial charge is 0.254 e. The minimum absolute atomic E-state index is 0.0288. The lowest BCUT2D eigenvalue weighted by Crippen LogP contribution is -2.60. The topological polar surface area (TPSA) is 67.9 Å². The Bertz CT molecular complexity index is 987. The van der Waals surface area contributed by atoms with E-state index in [2.05, 4.69) is 5.32 Å². The van der Waals surface area contributed by atoms with Gasteiger partial charge in [0.25, 0.3) is 5.91 Å². The lowest BCUT2D eigenvalue weighted by atomic mass is 9.71. The minimum atomic E-state index is -0.570. The second-order valence-corrected chi connectivity index (χ2v) is 8.55. The third-order valence-corrected chi connectivity index (χ3v) is 6.73.